The number of carbonyl (C=O) groups is 1. The number of carbonyl (C=O) groups excluding carboxylic acids is 1. The SMILES string of the molecule is NC(=O)c1c(-c2ccc(Cl)cc2)nc2n1CCS2(=O)=O. The van der Waals surface area contributed by atoms with Crippen LogP contribution in [0.3, 0.4) is 0 Å². The maximum Gasteiger partial charge on any atom is 0.267 e. The van der Waals surface area contributed by atoms with Crippen LogP contribution in [-0.2, 0) is 16.4 Å². The number of aromatic nitrogens is 2. The van der Waals surface area contributed by atoms with Gasteiger partial charge in [-0.15, -0.1) is 0 Å². The van der Waals surface area contributed by atoms with Gasteiger partial charge in [0, 0.05) is 17.1 Å². The van der Waals surface area contributed by atoms with Crippen molar-refractivity contribution < 1.29 is 13.2 Å². The summed E-state index contributed by atoms with van der Waals surface area (Å²) in [7, 11) is -3.44. The Morgan fingerprint density at radius 3 is 2.55 bits per heavy atom. The topological polar surface area (TPSA) is 95.1 Å². The summed E-state index contributed by atoms with van der Waals surface area (Å²) in [6.07, 6.45) is 0. The number of amides is 1. The van der Waals surface area contributed by atoms with Crippen LogP contribution in [0.1, 0.15) is 10.5 Å². The summed E-state index contributed by atoms with van der Waals surface area (Å²) in [4.78, 5) is 15.7. The Morgan fingerprint density at radius 1 is 1.30 bits per heavy atom. The van der Waals surface area contributed by atoms with Crippen molar-refractivity contribution >= 4 is 27.3 Å². The van der Waals surface area contributed by atoms with E-state index in [1.54, 1.807) is 24.3 Å². The van der Waals surface area contributed by atoms with Gasteiger partial charge in [0.1, 0.15) is 11.4 Å². The van der Waals surface area contributed by atoms with Gasteiger partial charge in [-0.25, -0.2) is 13.4 Å². The third-order valence-electron chi connectivity index (χ3n) is 3.15. The molecule has 0 fully saturated rings. The Hall–Kier alpha value is -1.86. The van der Waals surface area contributed by atoms with Crippen molar-refractivity contribution in [1.29, 1.82) is 0 Å². The highest BCUT2D eigenvalue weighted by molar-refractivity contribution is 7.91. The number of nitrogens with zero attached hydrogens (tertiary/aromatic N) is 2. The van der Waals surface area contributed by atoms with E-state index in [9.17, 15) is 13.2 Å². The van der Waals surface area contributed by atoms with Gasteiger partial charge in [-0.1, -0.05) is 23.7 Å². The van der Waals surface area contributed by atoms with E-state index in [0.29, 0.717) is 10.6 Å². The maximum atomic E-state index is 11.9. The van der Waals surface area contributed by atoms with Gasteiger partial charge < -0.3 is 10.3 Å². The molecule has 0 radical (unpaired) electrons. The minimum atomic E-state index is -3.44. The lowest BCUT2D eigenvalue weighted by Crippen LogP contribution is -2.17. The molecular formula is C12H10ClN3O3S. The van der Waals surface area contributed by atoms with Crippen LogP contribution < -0.4 is 5.73 Å². The van der Waals surface area contributed by atoms with Crippen LogP contribution in [0, 0.1) is 0 Å². The van der Waals surface area contributed by atoms with Crippen LogP contribution in [0.4, 0.5) is 0 Å². The fraction of sp³-hybridized carbons (Fsp3) is 0.167. The number of fused-ring (bicyclic) bond motifs is 1. The van der Waals surface area contributed by atoms with Gasteiger partial charge in [0.05, 0.1) is 5.75 Å². The number of benzene rings is 1. The predicted molar refractivity (Wildman–Crippen MR) is 73.2 cm³/mol. The van der Waals surface area contributed by atoms with Crippen LogP contribution in [0.25, 0.3) is 11.3 Å². The third kappa shape index (κ3) is 1.90. The average molecular weight is 312 g/mol. The first-order valence-corrected chi connectivity index (χ1v) is 7.82. The Labute approximate surface area is 120 Å². The Kier molecular flexibility index (Phi) is 2.84. The molecule has 0 bridgehead atoms. The molecule has 1 amide bonds. The van der Waals surface area contributed by atoms with Gasteiger partial charge in [0.2, 0.25) is 15.0 Å². The number of imidazole rings is 1. The number of rotatable bonds is 2. The molecule has 0 saturated carbocycles. The van der Waals surface area contributed by atoms with Crippen molar-refractivity contribution in [1.82, 2.24) is 9.55 Å². The van der Waals surface area contributed by atoms with Crippen molar-refractivity contribution in [3.8, 4) is 11.3 Å². The molecule has 1 aromatic carbocycles. The summed E-state index contributed by atoms with van der Waals surface area (Å²) < 4.78 is 25.1. The molecule has 20 heavy (non-hydrogen) atoms. The van der Waals surface area contributed by atoms with Crippen LogP contribution >= 0.6 is 11.6 Å². The molecule has 0 spiro atoms. The summed E-state index contributed by atoms with van der Waals surface area (Å²) in [5.74, 6) is -0.762. The minimum absolute atomic E-state index is 0.0590. The zero-order valence-electron chi connectivity index (χ0n) is 10.2. The zero-order valence-corrected chi connectivity index (χ0v) is 11.8. The summed E-state index contributed by atoms with van der Waals surface area (Å²) in [6, 6.07) is 6.61. The highest BCUT2D eigenvalue weighted by atomic mass is 35.5. The number of hydrogen-bond acceptors (Lipinski definition) is 4. The van der Waals surface area contributed by atoms with Gasteiger partial charge >= 0.3 is 0 Å². The number of hydrogen-bond donors (Lipinski definition) is 1. The molecule has 8 heteroatoms. The van der Waals surface area contributed by atoms with E-state index >= 15 is 0 Å². The van der Waals surface area contributed by atoms with Crippen LogP contribution in [0.15, 0.2) is 29.4 Å². The van der Waals surface area contributed by atoms with Gasteiger partial charge in [-0.3, -0.25) is 4.79 Å². The lowest BCUT2D eigenvalue weighted by atomic mass is 10.1. The molecule has 3 rings (SSSR count). The Bertz CT molecular complexity index is 809. The fourth-order valence-electron chi connectivity index (χ4n) is 2.24. The Balaban J connectivity index is 2.27. The van der Waals surface area contributed by atoms with Crippen molar-refractivity contribution in [3.63, 3.8) is 0 Å². The van der Waals surface area contributed by atoms with E-state index in [1.807, 2.05) is 0 Å². The summed E-state index contributed by atoms with van der Waals surface area (Å²) >= 11 is 5.81. The van der Waals surface area contributed by atoms with E-state index in [1.165, 1.54) is 4.57 Å². The molecule has 1 aliphatic heterocycles. The normalized spacial score (nSPS) is 16.1. The average Bonchev–Trinajstić information content (AvgIpc) is 2.89. The standard InChI is InChI=1S/C12H10ClN3O3S/c13-8-3-1-7(2-4-8)9-10(11(14)17)16-5-6-20(18,19)12(16)15-9/h1-4H,5-6H2,(H2,14,17). The molecule has 0 unspecified atom stereocenters. The quantitative estimate of drug-likeness (QED) is 0.898. The molecule has 1 aromatic heterocycles. The van der Waals surface area contributed by atoms with Crippen LogP contribution in [0.2, 0.25) is 5.02 Å². The van der Waals surface area contributed by atoms with Crippen molar-refractivity contribution in [2.45, 2.75) is 11.7 Å². The second kappa shape index (κ2) is 4.32. The van der Waals surface area contributed by atoms with Gasteiger partial charge in [-0.2, -0.15) is 0 Å². The minimum Gasteiger partial charge on any atom is -0.364 e. The van der Waals surface area contributed by atoms with Crippen molar-refractivity contribution in [2.24, 2.45) is 5.73 Å². The van der Waals surface area contributed by atoms with Crippen molar-refractivity contribution in [3.05, 3.63) is 35.0 Å². The van der Waals surface area contributed by atoms with E-state index in [0.717, 1.165) is 0 Å². The van der Waals surface area contributed by atoms with E-state index in [4.69, 9.17) is 17.3 Å². The number of sulfone groups is 1. The molecule has 0 atom stereocenters. The van der Waals surface area contributed by atoms with Gasteiger partial charge in [0.25, 0.3) is 5.91 Å². The highest BCUT2D eigenvalue weighted by Gasteiger charge is 2.34. The summed E-state index contributed by atoms with van der Waals surface area (Å²) in [5, 5.41) is 0.435. The molecule has 2 aromatic rings. The maximum absolute atomic E-state index is 11.9. The molecule has 0 saturated heterocycles. The highest BCUT2D eigenvalue weighted by Crippen LogP contribution is 2.30. The van der Waals surface area contributed by atoms with Gasteiger partial charge in [-0.05, 0) is 12.1 Å². The summed E-state index contributed by atoms with van der Waals surface area (Å²) in [6.45, 7) is 0.191. The van der Waals surface area contributed by atoms with Crippen LogP contribution in [0.5, 0.6) is 0 Å². The van der Waals surface area contributed by atoms with Crippen molar-refractivity contribution in [2.75, 3.05) is 5.75 Å². The predicted octanol–water partition coefficient (Wildman–Crippen LogP) is 1.09. The first-order chi connectivity index (χ1) is 9.40. The molecule has 1 aliphatic rings. The third-order valence-corrected chi connectivity index (χ3v) is 4.99. The zero-order chi connectivity index (χ0) is 14.5. The molecule has 2 N–H and O–H groups in total. The first-order valence-electron chi connectivity index (χ1n) is 5.79. The largest absolute Gasteiger partial charge is 0.364 e. The van der Waals surface area contributed by atoms with Gasteiger partial charge in [0.15, 0.2) is 0 Å². The molecular weight excluding hydrogens is 302 g/mol. The van der Waals surface area contributed by atoms with Crippen LogP contribution in [-0.4, -0.2) is 29.6 Å². The van der Waals surface area contributed by atoms with E-state index < -0.39 is 15.7 Å². The first kappa shape index (κ1) is 13.1. The molecule has 104 valence electrons. The number of primary amides is 1. The lowest BCUT2D eigenvalue weighted by molar-refractivity contribution is 0.0992. The van der Waals surface area contributed by atoms with E-state index in [-0.39, 0.29) is 28.8 Å². The molecule has 0 aliphatic carbocycles. The number of nitrogens with two attached hydrogens (primary N) is 1. The second-order valence-electron chi connectivity index (χ2n) is 4.43. The molecule has 2 heterocycles. The fourth-order valence-corrected chi connectivity index (χ4v) is 3.72. The lowest BCUT2D eigenvalue weighted by Gasteiger charge is -2.03. The molecule has 6 nitrogen and oxygen atoms in total. The Morgan fingerprint density at radius 2 is 1.95 bits per heavy atom. The van der Waals surface area contributed by atoms with E-state index in [2.05, 4.69) is 4.98 Å². The smallest absolute Gasteiger partial charge is 0.267 e. The monoisotopic (exact) mass is 311 g/mol. The number of halogens is 1. The second-order valence-corrected chi connectivity index (χ2v) is 6.87. The summed E-state index contributed by atoms with van der Waals surface area (Å²) in [5.41, 5.74) is 6.35.